The van der Waals surface area contributed by atoms with E-state index in [2.05, 4.69) is 14.9 Å². The maximum Gasteiger partial charge on any atom is 0.339 e. The number of rotatable bonds is 13. The van der Waals surface area contributed by atoms with E-state index < -0.39 is 18.2 Å². The lowest BCUT2D eigenvalue weighted by Gasteiger charge is -2.28. The molecule has 0 aliphatic heterocycles. The zero-order chi connectivity index (χ0) is 33.7. The minimum atomic E-state index is -1.12. The highest BCUT2D eigenvalue weighted by molar-refractivity contribution is 5.92. The number of carboxylic acid groups (broad SMARTS) is 1. The number of nitrogens with zero attached hydrogens (tertiary/aromatic N) is 5. The maximum absolute atomic E-state index is 12.0. The van der Waals surface area contributed by atoms with Gasteiger partial charge < -0.3 is 34.1 Å². The van der Waals surface area contributed by atoms with Crippen molar-refractivity contribution in [2.24, 2.45) is 0 Å². The average Bonchev–Trinajstić information content (AvgIpc) is 3.74. The summed E-state index contributed by atoms with van der Waals surface area (Å²) in [7, 11) is 0. The van der Waals surface area contributed by atoms with Gasteiger partial charge in [0.1, 0.15) is 24.0 Å². The van der Waals surface area contributed by atoms with E-state index in [1.54, 1.807) is 24.8 Å². The minimum Gasteiger partial charge on any atom is -0.490 e. The van der Waals surface area contributed by atoms with E-state index in [9.17, 15) is 20.1 Å². The van der Waals surface area contributed by atoms with Gasteiger partial charge >= 0.3 is 5.97 Å². The molecule has 0 bridgehead atoms. The minimum absolute atomic E-state index is 0.00978. The van der Waals surface area contributed by atoms with Crippen molar-refractivity contribution >= 4 is 39.4 Å². The number of imidazole rings is 2. The Morgan fingerprint density at radius 3 is 1.86 bits per heavy atom. The predicted molar refractivity (Wildman–Crippen MR) is 189 cm³/mol. The van der Waals surface area contributed by atoms with Gasteiger partial charge in [0.05, 0.1) is 60.5 Å². The molecule has 10 heteroatoms. The highest BCUT2D eigenvalue weighted by atomic mass is 16.5. The number of aliphatic hydroxyl groups excluding tert-OH is 2. The number of fused-ring (bicyclic) bond motifs is 2. The summed E-state index contributed by atoms with van der Waals surface area (Å²) in [5.41, 5.74) is 7.03. The van der Waals surface area contributed by atoms with Crippen LogP contribution in [0.15, 0.2) is 134 Å². The molecule has 0 saturated heterocycles. The van der Waals surface area contributed by atoms with Crippen molar-refractivity contribution in [1.82, 2.24) is 19.1 Å². The topological polar surface area (TPSA) is 126 Å². The summed E-state index contributed by atoms with van der Waals surface area (Å²) < 4.78 is 9.72. The molecule has 2 atom stereocenters. The molecule has 0 aliphatic carbocycles. The van der Waals surface area contributed by atoms with E-state index in [-0.39, 0.29) is 24.5 Å². The van der Waals surface area contributed by atoms with Crippen LogP contribution in [0.5, 0.6) is 5.75 Å². The van der Waals surface area contributed by atoms with Gasteiger partial charge in [-0.3, -0.25) is 0 Å². The molecular formula is C39H35N5O5. The van der Waals surface area contributed by atoms with Crippen LogP contribution in [0, 0.1) is 0 Å². The van der Waals surface area contributed by atoms with Gasteiger partial charge in [-0.15, -0.1) is 0 Å². The molecule has 2 heterocycles. The molecule has 10 nitrogen and oxygen atoms in total. The van der Waals surface area contributed by atoms with Crippen molar-refractivity contribution in [2.75, 3.05) is 18.1 Å². The smallest absolute Gasteiger partial charge is 0.339 e. The first-order valence-electron chi connectivity index (χ1n) is 16.0. The molecule has 0 saturated carbocycles. The number of carboxylic acids is 1. The van der Waals surface area contributed by atoms with Gasteiger partial charge in [0.15, 0.2) is 0 Å². The first kappa shape index (κ1) is 31.6. The zero-order valence-corrected chi connectivity index (χ0v) is 26.6. The van der Waals surface area contributed by atoms with E-state index in [0.717, 1.165) is 44.6 Å². The third-order valence-corrected chi connectivity index (χ3v) is 8.49. The fourth-order valence-corrected chi connectivity index (χ4v) is 6.07. The molecule has 0 spiro atoms. The van der Waals surface area contributed by atoms with Gasteiger partial charge in [0.2, 0.25) is 0 Å². The Labute approximate surface area is 282 Å². The molecule has 0 radical (unpaired) electrons. The third-order valence-electron chi connectivity index (χ3n) is 8.49. The number of benzene rings is 5. The standard InChI is InChI=1S/C39H35N5O5/c45-31(21-42-25-40-34-10-4-6-12-36(34)42)23-44(29-8-2-1-3-9-29)30-17-14-27(15-18-30)28-16-19-33(39(47)48)38(20-28)49-24-32(46)22-43-26-41-35-11-5-7-13-37(35)43/h1-20,25-26,31-32,45-46H,21-24H2,(H,47,48). The van der Waals surface area contributed by atoms with Crippen LogP contribution in [-0.4, -0.2) is 65.8 Å². The molecule has 2 unspecified atom stereocenters. The molecule has 5 aromatic carbocycles. The quantitative estimate of drug-likeness (QED) is 0.131. The number of hydrogen-bond donors (Lipinski definition) is 3. The van der Waals surface area contributed by atoms with E-state index in [1.807, 2.05) is 112 Å². The number of carbonyl (C=O) groups is 1. The molecule has 246 valence electrons. The molecule has 0 amide bonds. The number of aliphatic hydroxyl groups is 2. The van der Waals surface area contributed by atoms with E-state index in [1.165, 1.54) is 6.07 Å². The summed E-state index contributed by atoms with van der Waals surface area (Å²) in [4.78, 5) is 22.9. The van der Waals surface area contributed by atoms with Crippen LogP contribution < -0.4 is 9.64 Å². The molecule has 7 aromatic rings. The first-order chi connectivity index (χ1) is 23.9. The Morgan fingerprint density at radius 1 is 0.673 bits per heavy atom. The molecule has 0 aliphatic rings. The van der Waals surface area contributed by atoms with Crippen LogP contribution in [-0.2, 0) is 13.1 Å². The van der Waals surface area contributed by atoms with Crippen LogP contribution in [0.3, 0.4) is 0 Å². The first-order valence-corrected chi connectivity index (χ1v) is 16.0. The predicted octanol–water partition coefficient (Wildman–Crippen LogP) is 6.39. The highest BCUT2D eigenvalue weighted by Gasteiger charge is 2.18. The van der Waals surface area contributed by atoms with Crippen LogP contribution in [0.2, 0.25) is 0 Å². The second-order valence-corrected chi connectivity index (χ2v) is 11.9. The summed E-state index contributed by atoms with van der Waals surface area (Å²) in [5, 5.41) is 31.9. The SMILES string of the molecule is O=C(O)c1ccc(-c2ccc(N(CC(O)Cn3cnc4ccccc43)c3ccccc3)cc2)cc1OCC(O)Cn1cnc2ccccc21. The van der Waals surface area contributed by atoms with Crippen molar-refractivity contribution < 1.29 is 24.9 Å². The highest BCUT2D eigenvalue weighted by Crippen LogP contribution is 2.32. The van der Waals surface area contributed by atoms with Gasteiger partial charge in [-0.1, -0.05) is 60.7 Å². The van der Waals surface area contributed by atoms with Crippen molar-refractivity contribution in [3.05, 3.63) is 140 Å². The Kier molecular flexibility index (Phi) is 9.05. The normalized spacial score (nSPS) is 12.6. The fourth-order valence-electron chi connectivity index (χ4n) is 6.07. The lowest BCUT2D eigenvalue weighted by Crippen LogP contribution is -2.31. The van der Waals surface area contributed by atoms with Crippen LogP contribution in [0.25, 0.3) is 33.2 Å². The summed E-state index contributed by atoms with van der Waals surface area (Å²) in [6.07, 6.45) is 1.84. The number of ether oxygens (including phenoxy) is 1. The molecule has 3 N–H and O–H groups in total. The maximum atomic E-state index is 12.0. The lowest BCUT2D eigenvalue weighted by molar-refractivity contribution is 0.0678. The number of aromatic carboxylic acids is 1. The van der Waals surface area contributed by atoms with E-state index in [4.69, 9.17) is 4.74 Å². The van der Waals surface area contributed by atoms with Crippen LogP contribution >= 0.6 is 0 Å². The largest absolute Gasteiger partial charge is 0.490 e. The van der Waals surface area contributed by atoms with Crippen molar-refractivity contribution in [1.29, 1.82) is 0 Å². The monoisotopic (exact) mass is 653 g/mol. The molecular weight excluding hydrogens is 618 g/mol. The van der Waals surface area contributed by atoms with Crippen LogP contribution in [0.1, 0.15) is 10.4 Å². The zero-order valence-electron chi connectivity index (χ0n) is 26.6. The second kappa shape index (κ2) is 14.0. The number of anilines is 2. The van der Waals surface area contributed by atoms with Gasteiger partial charge in [-0.25, -0.2) is 14.8 Å². The number of aromatic nitrogens is 4. The number of para-hydroxylation sites is 5. The third kappa shape index (κ3) is 7.01. The molecule has 49 heavy (non-hydrogen) atoms. The van der Waals surface area contributed by atoms with Crippen molar-refractivity contribution in [3.63, 3.8) is 0 Å². The second-order valence-electron chi connectivity index (χ2n) is 11.9. The Balaban J connectivity index is 1.08. The van der Waals surface area contributed by atoms with E-state index >= 15 is 0 Å². The number of hydrogen-bond acceptors (Lipinski definition) is 7. The van der Waals surface area contributed by atoms with Gasteiger partial charge in [0.25, 0.3) is 0 Å². The molecule has 0 fully saturated rings. The summed E-state index contributed by atoms with van der Waals surface area (Å²) >= 11 is 0. The van der Waals surface area contributed by atoms with Crippen LogP contribution in [0.4, 0.5) is 11.4 Å². The summed E-state index contributed by atoms with van der Waals surface area (Å²) in [5.74, 6) is -0.947. The Morgan fingerprint density at radius 2 is 1.22 bits per heavy atom. The van der Waals surface area contributed by atoms with Gasteiger partial charge in [0, 0.05) is 11.4 Å². The Hall–Kier alpha value is -5.97. The summed E-state index contributed by atoms with van der Waals surface area (Å²) in [6, 6.07) is 38.2. The van der Waals surface area contributed by atoms with Crippen molar-refractivity contribution in [3.8, 4) is 16.9 Å². The molecule has 2 aromatic heterocycles. The summed E-state index contributed by atoms with van der Waals surface area (Å²) in [6.45, 7) is 0.876. The fraction of sp³-hybridized carbons (Fsp3) is 0.154. The van der Waals surface area contributed by atoms with Gasteiger partial charge in [-0.2, -0.15) is 0 Å². The molecule has 7 rings (SSSR count). The average molecular weight is 654 g/mol. The van der Waals surface area contributed by atoms with E-state index in [0.29, 0.717) is 13.1 Å². The lowest BCUT2D eigenvalue weighted by atomic mass is 10.0. The Bertz CT molecular complexity index is 2200. The van der Waals surface area contributed by atoms with Gasteiger partial charge in [-0.05, 0) is 71.8 Å². The van der Waals surface area contributed by atoms with Crippen molar-refractivity contribution in [2.45, 2.75) is 25.3 Å².